The van der Waals surface area contributed by atoms with Gasteiger partial charge in [0.1, 0.15) is 11.4 Å². The summed E-state index contributed by atoms with van der Waals surface area (Å²) in [5.41, 5.74) is 3.58. The summed E-state index contributed by atoms with van der Waals surface area (Å²) in [6.07, 6.45) is 0. The molecule has 118 valence electrons. The van der Waals surface area contributed by atoms with Crippen molar-refractivity contribution in [3.8, 4) is 0 Å². The Balaban J connectivity index is 1.96. The number of benzene rings is 2. The van der Waals surface area contributed by atoms with Crippen LogP contribution in [-0.2, 0) is 10.6 Å². The minimum absolute atomic E-state index is 0.178. The lowest BCUT2D eigenvalue weighted by molar-refractivity contribution is 0.0511. The smallest absolute Gasteiger partial charge is 0.310 e. The van der Waals surface area contributed by atoms with Crippen LogP contribution >= 0.6 is 11.8 Å². The maximum Gasteiger partial charge on any atom is 0.310 e. The Kier molecular flexibility index (Phi) is 4.64. The highest BCUT2D eigenvalue weighted by molar-refractivity contribution is 7.98. The molecule has 0 bridgehead atoms. The first kappa shape index (κ1) is 15.6. The van der Waals surface area contributed by atoms with Gasteiger partial charge < -0.3 is 4.42 Å². The van der Waals surface area contributed by atoms with Gasteiger partial charge in [0.15, 0.2) is 5.76 Å². The first-order valence-electron chi connectivity index (χ1n) is 6.91. The summed E-state index contributed by atoms with van der Waals surface area (Å²) in [5.74, 6) is -0.164. The van der Waals surface area contributed by atoms with Crippen molar-refractivity contribution in [2.24, 2.45) is 0 Å². The number of carbonyl (C=O) groups excluding carboxylic acids is 1. The van der Waals surface area contributed by atoms with Crippen LogP contribution in [0.3, 0.4) is 0 Å². The maximum absolute atomic E-state index is 13.8. The van der Waals surface area contributed by atoms with Gasteiger partial charge in [-0.15, -0.1) is 11.8 Å². The van der Waals surface area contributed by atoms with Crippen molar-refractivity contribution >= 4 is 28.6 Å². The van der Waals surface area contributed by atoms with Crippen molar-refractivity contribution in [3.05, 3.63) is 65.7 Å². The van der Waals surface area contributed by atoms with E-state index in [1.807, 2.05) is 18.2 Å². The molecule has 3 rings (SSSR count). The van der Waals surface area contributed by atoms with Gasteiger partial charge >= 0.3 is 5.91 Å². The number of nitrogens with one attached hydrogen (secondary N) is 1. The van der Waals surface area contributed by atoms with E-state index in [1.165, 1.54) is 24.9 Å². The summed E-state index contributed by atoms with van der Waals surface area (Å²) in [6, 6.07) is 13.9. The zero-order valence-corrected chi connectivity index (χ0v) is 13.2. The monoisotopic (exact) mass is 331 g/mol. The molecule has 23 heavy (non-hydrogen) atoms. The van der Waals surface area contributed by atoms with Gasteiger partial charge in [0.2, 0.25) is 0 Å². The fraction of sp³-hybridized carbons (Fsp3) is 0.118. The van der Waals surface area contributed by atoms with E-state index in [4.69, 9.17) is 4.42 Å². The van der Waals surface area contributed by atoms with Crippen molar-refractivity contribution < 1.29 is 18.4 Å². The molecule has 0 radical (unpaired) electrons. The molecule has 1 N–H and O–H groups in total. The molecule has 0 saturated heterocycles. The van der Waals surface area contributed by atoms with E-state index in [2.05, 4.69) is 10.3 Å². The summed E-state index contributed by atoms with van der Waals surface area (Å²) >= 11 is 1.31. The predicted molar refractivity (Wildman–Crippen MR) is 86.7 cm³/mol. The average molecular weight is 331 g/mol. The van der Waals surface area contributed by atoms with Crippen LogP contribution in [-0.4, -0.2) is 13.0 Å². The summed E-state index contributed by atoms with van der Waals surface area (Å²) < 4.78 is 19.4. The highest BCUT2D eigenvalue weighted by Gasteiger charge is 2.20. The minimum atomic E-state index is -0.465. The Hall–Kier alpha value is -2.31. The molecule has 4 nitrogen and oxygen atoms in total. The Labute approximate surface area is 136 Å². The molecule has 1 aromatic heterocycles. The van der Waals surface area contributed by atoms with Gasteiger partial charge in [-0.1, -0.05) is 30.3 Å². The summed E-state index contributed by atoms with van der Waals surface area (Å²) in [5, 5.41) is 0.831. The van der Waals surface area contributed by atoms with Crippen molar-refractivity contribution in [3.63, 3.8) is 0 Å². The number of fused-ring (bicyclic) bond motifs is 1. The third kappa shape index (κ3) is 3.23. The molecule has 0 spiro atoms. The standard InChI is InChI=1S/C17H14FNO3S/c1-21-19-17(20)16-12(11-6-2-4-8-14(11)22-16)10-23-15-9-5-3-7-13(15)18/h2-9H,10H2,1H3,(H,19,20). The molecular formula is C17H14FNO3S. The SMILES string of the molecule is CONC(=O)c1oc2ccccc2c1CSc1ccccc1F. The van der Waals surface area contributed by atoms with Gasteiger partial charge in [-0.3, -0.25) is 9.63 Å². The van der Waals surface area contributed by atoms with Gasteiger partial charge in [0.05, 0.1) is 7.11 Å². The van der Waals surface area contributed by atoms with Crippen molar-refractivity contribution in [2.45, 2.75) is 10.6 Å². The summed E-state index contributed by atoms with van der Waals surface area (Å²) in [7, 11) is 1.36. The van der Waals surface area contributed by atoms with E-state index in [1.54, 1.807) is 24.3 Å². The molecule has 0 fully saturated rings. The third-order valence-corrected chi connectivity index (χ3v) is 4.38. The highest BCUT2D eigenvalue weighted by Crippen LogP contribution is 2.32. The van der Waals surface area contributed by atoms with Crippen LogP contribution in [0.1, 0.15) is 16.1 Å². The molecule has 1 amide bonds. The van der Waals surface area contributed by atoms with E-state index in [-0.39, 0.29) is 11.6 Å². The fourth-order valence-electron chi connectivity index (χ4n) is 2.28. The van der Waals surface area contributed by atoms with Crippen LogP contribution in [0, 0.1) is 5.82 Å². The fourth-order valence-corrected chi connectivity index (χ4v) is 3.24. The van der Waals surface area contributed by atoms with Crippen LogP contribution in [0.5, 0.6) is 0 Å². The van der Waals surface area contributed by atoms with Crippen LogP contribution < -0.4 is 5.48 Å². The van der Waals surface area contributed by atoms with Gasteiger partial charge in [-0.05, 0) is 18.2 Å². The van der Waals surface area contributed by atoms with Gasteiger partial charge in [-0.2, -0.15) is 0 Å². The Morgan fingerprint density at radius 3 is 2.74 bits per heavy atom. The van der Waals surface area contributed by atoms with Crippen LogP contribution in [0.25, 0.3) is 11.0 Å². The topological polar surface area (TPSA) is 51.5 Å². The van der Waals surface area contributed by atoms with Gasteiger partial charge in [0, 0.05) is 21.6 Å². The average Bonchev–Trinajstić information content (AvgIpc) is 2.93. The van der Waals surface area contributed by atoms with E-state index in [9.17, 15) is 9.18 Å². The van der Waals surface area contributed by atoms with Crippen LogP contribution in [0.2, 0.25) is 0 Å². The van der Waals surface area contributed by atoms with E-state index in [0.29, 0.717) is 21.8 Å². The molecule has 0 aliphatic heterocycles. The number of furan rings is 1. The summed E-state index contributed by atoms with van der Waals surface area (Å²) in [6.45, 7) is 0. The number of amides is 1. The maximum atomic E-state index is 13.8. The number of thioether (sulfide) groups is 1. The molecule has 0 unspecified atom stereocenters. The molecule has 0 aliphatic rings. The zero-order chi connectivity index (χ0) is 16.2. The molecule has 0 saturated carbocycles. The van der Waals surface area contributed by atoms with Crippen molar-refractivity contribution in [2.75, 3.05) is 7.11 Å². The van der Waals surface area contributed by atoms with Crippen LogP contribution in [0.15, 0.2) is 57.8 Å². The molecule has 6 heteroatoms. The van der Waals surface area contributed by atoms with E-state index < -0.39 is 5.91 Å². The zero-order valence-electron chi connectivity index (χ0n) is 12.3. The lowest BCUT2D eigenvalue weighted by atomic mass is 10.1. The number of hydrogen-bond acceptors (Lipinski definition) is 4. The molecule has 1 heterocycles. The number of para-hydroxylation sites is 1. The Morgan fingerprint density at radius 1 is 1.22 bits per heavy atom. The second-order valence-electron chi connectivity index (χ2n) is 4.76. The lowest BCUT2D eigenvalue weighted by Crippen LogP contribution is -2.22. The molecule has 0 aliphatic carbocycles. The highest BCUT2D eigenvalue weighted by atomic mass is 32.2. The Morgan fingerprint density at radius 2 is 1.96 bits per heavy atom. The van der Waals surface area contributed by atoms with Crippen molar-refractivity contribution in [1.29, 1.82) is 0 Å². The van der Waals surface area contributed by atoms with Gasteiger partial charge in [0.25, 0.3) is 0 Å². The van der Waals surface area contributed by atoms with Gasteiger partial charge in [-0.25, -0.2) is 9.87 Å². The lowest BCUT2D eigenvalue weighted by Gasteiger charge is -2.04. The Bertz CT molecular complexity index is 847. The van der Waals surface area contributed by atoms with Crippen LogP contribution in [0.4, 0.5) is 4.39 Å². The number of carbonyl (C=O) groups is 1. The van der Waals surface area contributed by atoms with Crippen molar-refractivity contribution in [1.82, 2.24) is 5.48 Å². The predicted octanol–water partition coefficient (Wildman–Crippen LogP) is 4.16. The quantitative estimate of drug-likeness (QED) is 0.563. The first-order valence-corrected chi connectivity index (χ1v) is 7.90. The van der Waals surface area contributed by atoms with E-state index >= 15 is 0 Å². The molecule has 2 aromatic carbocycles. The number of hydroxylamine groups is 1. The largest absolute Gasteiger partial charge is 0.450 e. The van der Waals surface area contributed by atoms with E-state index in [0.717, 1.165) is 5.39 Å². The summed E-state index contributed by atoms with van der Waals surface area (Å²) in [4.78, 5) is 17.3. The molecular weight excluding hydrogens is 317 g/mol. The normalized spacial score (nSPS) is 10.9. The number of halogens is 1. The number of hydrogen-bond donors (Lipinski definition) is 1. The third-order valence-electron chi connectivity index (χ3n) is 3.31. The number of rotatable bonds is 5. The molecule has 0 atom stereocenters. The first-order chi connectivity index (χ1) is 11.2. The second kappa shape index (κ2) is 6.85. The molecule has 3 aromatic rings. The minimum Gasteiger partial charge on any atom is -0.450 e. The second-order valence-corrected chi connectivity index (χ2v) is 5.78.